The van der Waals surface area contributed by atoms with Crippen LogP contribution in [0.2, 0.25) is 0 Å². The first-order chi connectivity index (χ1) is 7.88. The second-order valence-corrected chi connectivity index (χ2v) is 3.93. The van der Waals surface area contributed by atoms with Crippen molar-refractivity contribution in [1.29, 1.82) is 0 Å². The molecule has 3 nitrogen and oxygen atoms in total. The van der Waals surface area contributed by atoms with Crippen LogP contribution in [0.25, 0.3) is 0 Å². The number of hydrogen-bond acceptors (Lipinski definition) is 3. The molecule has 1 atom stereocenters. The van der Waals surface area contributed by atoms with E-state index in [-0.39, 0.29) is 18.6 Å². The summed E-state index contributed by atoms with van der Waals surface area (Å²) in [5.41, 5.74) is 2.46. The van der Waals surface area contributed by atoms with Crippen LogP contribution in [0, 0.1) is 5.92 Å². The van der Waals surface area contributed by atoms with Crippen molar-refractivity contribution < 1.29 is 22.3 Å². The van der Waals surface area contributed by atoms with Crippen molar-refractivity contribution in [2.45, 2.75) is 45.1 Å². The predicted molar refractivity (Wildman–Crippen MR) is 57.0 cm³/mol. The minimum Gasteiger partial charge on any atom is -0.373 e. The number of hydrogen-bond donors (Lipinski definition) is 2. The summed E-state index contributed by atoms with van der Waals surface area (Å²) in [5, 5.41) is 0. The molecule has 0 aromatic heterocycles. The van der Waals surface area contributed by atoms with Crippen molar-refractivity contribution in [3.05, 3.63) is 0 Å². The molecule has 0 radical (unpaired) electrons. The standard InChI is InChI=1S/C10H20F4N2O/c1-3-7(4-2)8(16-15)5-17-6-10(13,14)9(11)12/h7-9,16H,3-6,15H2,1-2H3. The van der Waals surface area contributed by atoms with E-state index in [9.17, 15) is 17.6 Å². The highest BCUT2D eigenvalue weighted by Crippen LogP contribution is 2.23. The van der Waals surface area contributed by atoms with Gasteiger partial charge in [0.05, 0.1) is 6.61 Å². The lowest BCUT2D eigenvalue weighted by molar-refractivity contribution is -0.167. The highest BCUT2D eigenvalue weighted by Gasteiger charge is 2.41. The Morgan fingerprint density at radius 3 is 2.12 bits per heavy atom. The Bertz CT molecular complexity index is 201. The van der Waals surface area contributed by atoms with Gasteiger partial charge in [-0.1, -0.05) is 26.7 Å². The molecule has 0 aliphatic heterocycles. The Hall–Kier alpha value is -0.400. The SMILES string of the molecule is CCC(CC)C(COCC(F)(F)C(F)F)NN. The van der Waals surface area contributed by atoms with Crippen molar-refractivity contribution in [2.24, 2.45) is 11.8 Å². The summed E-state index contributed by atoms with van der Waals surface area (Å²) in [6.45, 7) is 2.48. The Labute approximate surface area is 98.7 Å². The molecule has 0 aliphatic rings. The van der Waals surface area contributed by atoms with E-state index in [4.69, 9.17) is 5.84 Å². The minimum absolute atomic E-state index is 0.106. The van der Waals surface area contributed by atoms with Gasteiger partial charge in [-0.05, 0) is 5.92 Å². The van der Waals surface area contributed by atoms with Crippen LogP contribution >= 0.6 is 0 Å². The number of alkyl halides is 4. The van der Waals surface area contributed by atoms with Crippen LogP contribution in [0.15, 0.2) is 0 Å². The molecule has 0 amide bonds. The van der Waals surface area contributed by atoms with Gasteiger partial charge in [0.1, 0.15) is 6.61 Å². The second-order valence-electron chi connectivity index (χ2n) is 3.93. The quantitative estimate of drug-likeness (QED) is 0.379. The molecule has 1 unspecified atom stereocenters. The second kappa shape index (κ2) is 7.84. The van der Waals surface area contributed by atoms with Gasteiger partial charge in [-0.3, -0.25) is 11.3 Å². The summed E-state index contributed by atoms with van der Waals surface area (Å²) in [4.78, 5) is 0. The molecular weight excluding hydrogens is 240 g/mol. The number of hydrazine groups is 1. The normalized spacial score (nSPS) is 14.6. The fourth-order valence-electron chi connectivity index (χ4n) is 1.56. The highest BCUT2D eigenvalue weighted by molar-refractivity contribution is 4.74. The lowest BCUT2D eigenvalue weighted by Crippen LogP contribution is -2.45. The van der Waals surface area contributed by atoms with Gasteiger partial charge in [-0.2, -0.15) is 8.78 Å². The van der Waals surface area contributed by atoms with Crippen molar-refractivity contribution >= 4 is 0 Å². The average Bonchev–Trinajstić information content (AvgIpc) is 2.28. The summed E-state index contributed by atoms with van der Waals surface area (Å²) in [6.07, 6.45) is -2.10. The molecule has 0 saturated heterocycles. The van der Waals surface area contributed by atoms with Gasteiger partial charge in [-0.15, -0.1) is 0 Å². The Morgan fingerprint density at radius 1 is 1.24 bits per heavy atom. The van der Waals surface area contributed by atoms with Crippen molar-refractivity contribution in [3.8, 4) is 0 Å². The van der Waals surface area contributed by atoms with E-state index < -0.39 is 19.0 Å². The van der Waals surface area contributed by atoms with Gasteiger partial charge in [-0.25, -0.2) is 8.78 Å². The van der Waals surface area contributed by atoms with Crippen LogP contribution in [-0.2, 0) is 4.74 Å². The molecule has 0 aromatic rings. The smallest absolute Gasteiger partial charge is 0.330 e. The monoisotopic (exact) mass is 260 g/mol. The van der Waals surface area contributed by atoms with Gasteiger partial charge in [0.2, 0.25) is 0 Å². The maximum Gasteiger partial charge on any atom is 0.330 e. The van der Waals surface area contributed by atoms with Gasteiger partial charge in [0, 0.05) is 6.04 Å². The van der Waals surface area contributed by atoms with E-state index >= 15 is 0 Å². The van der Waals surface area contributed by atoms with Gasteiger partial charge >= 0.3 is 12.3 Å². The Balaban J connectivity index is 4.08. The maximum atomic E-state index is 12.5. The Morgan fingerprint density at radius 2 is 1.76 bits per heavy atom. The molecule has 7 heteroatoms. The zero-order valence-corrected chi connectivity index (χ0v) is 10.1. The summed E-state index contributed by atoms with van der Waals surface area (Å²) in [6, 6.07) is -0.307. The van der Waals surface area contributed by atoms with Gasteiger partial charge < -0.3 is 4.74 Å². The highest BCUT2D eigenvalue weighted by atomic mass is 19.3. The number of nitrogens with two attached hydrogens (primary N) is 1. The molecule has 0 aromatic carbocycles. The van der Waals surface area contributed by atoms with Crippen LogP contribution in [-0.4, -0.2) is 31.6 Å². The molecule has 0 bridgehead atoms. The molecule has 0 heterocycles. The van der Waals surface area contributed by atoms with Crippen LogP contribution in [0.5, 0.6) is 0 Å². The lowest BCUT2D eigenvalue weighted by atomic mass is 9.95. The van der Waals surface area contributed by atoms with E-state index in [0.717, 1.165) is 12.8 Å². The number of rotatable bonds is 9. The van der Waals surface area contributed by atoms with Crippen molar-refractivity contribution in [1.82, 2.24) is 5.43 Å². The first-order valence-electron chi connectivity index (χ1n) is 5.58. The average molecular weight is 260 g/mol. The summed E-state index contributed by atoms with van der Waals surface area (Å²) >= 11 is 0. The van der Waals surface area contributed by atoms with Crippen LogP contribution in [0.1, 0.15) is 26.7 Å². The fourth-order valence-corrected chi connectivity index (χ4v) is 1.56. The van der Waals surface area contributed by atoms with Crippen molar-refractivity contribution in [3.63, 3.8) is 0 Å². The first-order valence-corrected chi connectivity index (χ1v) is 5.58. The molecule has 0 saturated carbocycles. The molecule has 3 N–H and O–H groups in total. The molecule has 0 aliphatic carbocycles. The molecule has 0 rings (SSSR count). The Kier molecular flexibility index (Phi) is 7.65. The van der Waals surface area contributed by atoms with Gasteiger partial charge in [0.15, 0.2) is 0 Å². The molecule has 17 heavy (non-hydrogen) atoms. The van der Waals surface area contributed by atoms with Crippen LogP contribution in [0.4, 0.5) is 17.6 Å². The van der Waals surface area contributed by atoms with E-state index in [2.05, 4.69) is 10.2 Å². The fraction of sp³-hybridized carbons (Fsp3) is 1.00. The van der Waals surface area contributed by atoms with E-state index in [1.165, 1.54) is 0 Å². The number of nitrogens with one attached hydrogen (secondary N) is 1. The lowest BCUT2D eigenvalue weighted by Gasteiger charge is -2.25. The van der Waals surface area contributed by atoms with E-state index in [1.807, 2.05) is 13.8 Å². The topological polar surface area (TPSA) is 47.3 Å². The maximum absolute atomic E-state index is 12.5. The van der Waals surface area contributed by atoms with Gasteiger partial charge in [0.25, 0.3) is 0 Å². The van der Waals surface area contributed by atoms with E-state index in [0.29, 0.717) is 0 Å². The molecular formula is C10H20F4N2O. The molecule has 104 valence electrons. The number of halogens is 4. The summed E-state index contributed by atoms with van der Waals surface area (Å²) < 4.78 is 53.4. The third kappa shape index (κ3) is 5.65. The summed E-state index contributed by atoms with van der Waals surface area (Å²) in [5.74, 6) is 1.33. The zero-order chi connectivity index (χ0) is 13.5. The predicted octanol–water partition coefficient (Wildman–Crippen LogP) is 2.17. The van der Waals surface area contributed by atoms with Crippen molar-refractivity contribution in [2.75, 3.05) is 13.2 Å². The number of ether oxygens (including phenoxy) is 1. The third-order valence-electron chi connectivity index (χ3n) is 2.74. The molecule has 0 fully saturated rings. The largest absolute Gasteiger partial charge is 0.373 e. The third-order valence-corrected chi connectivity index (χ3v) is 2.74. The zero-order valence-electron chi connectivity index (χ0n) is 10.1. The first kappa shape index (κ1) is 16.6. The minimum atomic E-state index is -4.10. The summed E-state index contributed by atoms with van der Waals surface area (Å²) in [7, 11) is 0. The molecule has 0 spiro atoms. The van der Waals surface area contributed by atoms with E-state index in [1.54, 1.807) is 0 Å². The van der Waals surface area contributed by atoms with Crippen LogP contribution < -0.4 is 11.3 Å². The van der Waals surface area contributed by atoms with Crippen LogP contribution in [0.3, 0.4) is 0 Å².